The Morgan fingerprint density at radius 2 is 2.29 bits per heavy atom. The van der Waals surface area contributed by atoms with E-state index in [2.05, 4.69) is 26.7 Å². The number of fused-ring (bicyclic) bond motifs is 1. The van der Waals surface area contributed by atoms with Gasteiger partial charge in [0, 0.05) is 36.0 Å². The van der Waals surface area contributed by atoms with Crippen LogP contribution in [-0.2, 0) is 6.42 Å². The minimum Gasteiger partial charge on any atom is -0.493 e. The van der Waals surface area contributed by atoms with Gasteiger partial charge < -0.3 is 15.8 Å². The number of halogens is 1. The van der Waals surface area contributed by atoms with E-state index in [1.54, 1.807) is 11.3 Å². The molecule has 1 atom stereocenters. The molecule has 0 aliphatic carbocycles. The van der Waals surface area contributed by atoms with Gasteiger partial charge in [0.05, 0.1) is 17.7 Å². The molecule has 0 spiro atoms. The minimum absolute atomic E-state index is 0. The Kier molecular flexibility index (Phi) is 7.29. The van der Waals surface area contributed by atoms with Gasteiger partial charge in [0.1, 0.15) is 5.75 Å². The average Bonchev–Trinajstić information content (AvgIpc) is 2.97. The molecule has 130 valence electrons. The van der Waals surface area contributed by atoms with Crippen LogP contribution in [0.3, 0.4) is 0 Å². The van der Waals surface area contributed by atoms with E-state index in [0.29, 0.717) is 19.1 Å². The van der Waals surface area contributed by atoms with Crippen molar-refractivity contribution in [2.24, 2.45) is 10.7 Å². The number of aromatic nitrogens is 1. The van der Waals surface area contributed by atoms with Gasteiger partial charge in [0.15, 0.2) is 5.96 Å². The van der Waals surface area contributed by atoms with Crippen LogP contribution >= 0.6 is 35.3 Å². The van der Waals surface area contributed by atoms with Gasteiger partial charge in [-0.25, -0.2) is 4.98 Å². The molecule has 2 aromatic rings. The molecule has 5 nitrogen and oxygen atoms in total. The monoisotopic (exact) mass is 458 g/mol. The molecule has 0 amide bonds. The first-order chi connectivity index (χ1) is 11.2. The SMILES string of the molecule is Cc1csc(CCCN=C(N)NC2CCOc3ccccc32)n1.I. The number of aliphatic imine (C=N–C) groups is 1. The van der Waals surface area contributed by atoms with Gasteiger partial charge in [-0.1, -0.05) is 18.2 Å². The number of para-hydroxylation sites is 1. The normalized spacial score (nSPS) is 16.7. The number of aryl methyl sites for hydroxylation is 2. The molecule has 0 saturated carbocycles. The predicted octanol–water partition coefficient (Wildman–Crippen LogP) is 3.43. The molecule has 1 unspecified atom stereocenters. The van der Waals surface area contributed by atoms with Gasteiger partial charge in [0.25, 0.3) is 0 Å². The van der Waals surface area contributed by atoms with E-state index < -0.39 is 0 Å². The van der Waals surface area contributed by atoms with E-state index in [0.717, 1.165) is 36.3 Å². The molecule has 0 fully saturated rings. The van der Waals surface area contributed by atoms with E-state index in [1.165, 1.54) is 5.01 Å². The quantitative estimate of drug-likeness (QED) is 0.312. The van der Waals surface area contributed by atoms with Gasteiger partial charge in [0.2, 0.25) is 0 Å². The second kappa shape index (κ2) is 9.22. The number of nitrogens with zero attached hydrogens (tertiary/aromatic N) is 2. The second-order valence-electron chi connectivity index (χ2n) is 5.63. The first kappa shape index (κ1) is 19.0. The number of hydrogen-bond acceptors (Lipinski definition) is 4. The van der Waals surface area contributed by atoms with E-state index in [1.807, 2.05) is 25.1 Å². The highest BCUT2D eigenvalue weighted by molar-refractivity contribution is 14.0. The summed E-state index contributed by atoms with van der Waals surface area (Å²) in [5.74, 6) is 1.44. The molecule has 0 radical (unpaired) electrons. The summed E-state index contributed by atoms with van der Waals surface area (Å²) in [5.41, 5.74) is 8.27. The van der Waals surface area contributed by atoms with E-state index in [-0.39, 0.29) is 30.0 Å². The van der Waals surface area contributed by atoms with Crippen molar-refractivity contribution in [1.29, 1.82) is 0 Å². The maximum absolute atomic E-state index is 6.03. The van der Waals surface area contributed by atoms with Gasteiger partial charge in [-0.2, -0.15) is 0 Å². The highest BCUT2D eigenvalue weighted by Gasteiger charge is 2.21. The third-order valence-electron chi connectivity index (χ3n) is 3.78. The van der Waals surface area contributed by atoms with Crippen molar-refractivity contribution in [1.82, 2.24) is 10.3 Å². The van der Waals surface area contributed by atoms with Crippen LogP contribution < -0.4 is 15.8 Å². The lowest BCUT2D eigenvalue weighted by molar-refractivity contribution is 0.262. The van der Waals surface area contributed by atoms with Gasteiger partial charge >= 0.3 is 0 Å². The lowest BCUT2D eigenvalue weighted by Crippen LogP contribution is -2.37. The molecule has 2 heterocycles. The summed E-state index contributed by atoms with van der Waals surface area (Å²) >= 11 is 1.71. The summed E-state index contributed by atoms with van der Waals surface area (Å²) in [7, 11) is 0. The molecule has 24 heavy (non-hydrogen) atoms. The average molecular weight is 458 g/mol. The van der Waals surface area contributed by atoms with Crippen molar-refractivity contribution in [3.8, 4) is 5.75 Å². The van der Waals surface area contributed by atoms with Crippen molar-refractivity contribution >= 4 is 41.3 Å². The van der Waals surface area contributed by atoms with Crippen molar-refractivity contribution in [2.75, 3.05) is 13.2 Å². The Morgan fingerprint density at radius 1 is 1.46 bits per heavy atom. The fraction of sp³-hybridized carbons (Fsp3) is 0.412. The minimum atomic E-state index is 0. The molecule has 1 aromatic carbocycles. The van der Waals surface area contributed by atoms with Crippen LogP contribution in [0.5, 0.6) is 5.75 Å². The van der Waals surface area contributed by atoms with Crippen LogP contribution in [0.4, 0.5) is 0 Å². The van der Waals surface area contributed by atoms with Crippen molar-refractivity contribution in [3.05, 3.63) is 45.9 Å². The van der Waals surface area contributed by atoms with E-state index in [9.17, 15) is 0 Å². The third kappa shape index (κ3) is 5.07. The molecule has 0 saturated heterocycles. The Balaban J connectivity index is 0.00000208. The number of nitrogens with one attached hydrogen (secondary N) is 1. The molecule has 0 bridgehead atoms. The second-order valence-corrected chi connectivity index (χ2v) is 6.57. The lowest BCUT2D eigenvalue weighted by Gasteiger charge is -2.26. The first-order valence-corrected chi connectivity index (χ1v) is 8.79. The zero-order valence-corrected chi connectivity index (χ0v) is 16.8. The number of hydrogen-bond donors (Lipinski definition) is 2. The van der Waals surface area contributed by atoms with Crippen LogP contribution in [0.15, 0.2) is 34.6 Å². The zero-order chi connectivity index (χ0) is 16.1. The Labute approximate surface area is 163 Å². The Morgan fingerprint density at radius 3 is 3.08 bits per heavy atom. The van der Waals surface area contributed by atoms with Gasteiger partial charge in [-0.15, -0.1) is 35.3 Å². The molecule has 1 aromatic heterocycles. The number of thiazole rings is 1. The van der Waals surface area contributed by atoms with Gasteiger partial charge in [-0.3, -0.25) is 4.99 Å². The summed E-state index contributed by atoms with van der Waals surface area (Å²) in [6.07, 6.45) is 2.81. The fourth-order valence-corrected chi connectivity index (χ4v) is 3.48. The number of benzene rings is 1. The first-order valence-electron chi connectivity index (χ1n) is 7.91. The van der Waals surface area contributed by atoms with E-state index in [4.69, 9.17) is 10.5 Å². The molecular weight excluding hydrogens is 435 g/mol. The molecule has 1 aliphatic heterocycles. The largest absolute Gasteiger partial charge is 0.493 e. The lowest BCUT2D eigenvalue weighted by atomic mass is 10.0. The highest BCUT2D eigenvalue weighted by atomic mass is 127. The zero-order valence-electron chi connectivity index (χ0n) is 13.7. The van der Waals surface area contributed by atoms with Crippen LogP contribution in [0, 0.1) is 6.92 Å². The summed E-state index contributed by atoms with van der Waals surface area (Å²) in [6, 6.07) is 8.24. The number of rotatable bonds is 5. The van der Waals surface area contributed by atoms with Crippen LogP contribution in [0.2, 0.25) is 0 Å². The van der Waals surface area contributed by atoms with Gasteiger partial charge in [-0.05, 0) is 19.4 Å². The standard InChI is InChI=1S/C17H22N4OS.HI/c1-12-11-23-16(20-12)7-4-9-19-17(18)21-14-8-10-22-15-6-3-2-5-13(14)15;/h2-3,5-6,11,14H,4,7-10H2,1H3,(H3,18,19,21);1H. The Hall–Kier alpha value is -1.35. The molecule has 3 N–H and O–H groups in total. The Bertz CT molecular complexity index is 689. The third-order valence-corrected chi connectivity index (χ3v) is 4.80. The van der Waals surface area contributed by atoms with Crippen molar-refractivity contribution in [2.45, 2.75) is 32.2 Å². The summed E-state index contributed by atoms with van der Waals surface area (Å²) in [4.78, 5) is 8.89. The van der Waals surface area contributed by atoms with Crippen LogP contribution in [0.25, 0.3) is 0 Å². The highest BCUT2D eigenvalue weighted by Crippen LogP contribution is 2.31. The fourth-order valence-electron chi connectivity index (χ4n) is 2.66. The number of nitrogens with two attached hydrogens (primary N) is 1. The summed E-state index contributed by atoms with van der Waals surface area (Å²) < 4.78 is 5.66. The maximum Gasteiger partial charge on any atom is 0.189 e. The predicted molar refractivity (Wildman–Crippen MR) is 110 cm³/mol. The van der Waals surface area contributed by atoms with Crippen LogP contribution in [0.1, 0.15) is 35.1 Å². The topological polar surface area (TPSA) is 72.5 Å². The molecule has 1 aliphatic rings. The molecule has 7 heteroatoms. The summed E-state index contributed by atoms with van der Waals surface area (Å²) in [6.45, 7) is 3.43. The smallest absolute Gasteiger partial charge is 0.189 e. The molecular formula is C17H23IN4OS. The van der Waals surface area contributed by atoms with Crippen molar-refractivity contribution in [3.63, 3.8) is 0 Å². The van der Waals surface area contributed by atoms with E-state index >= 15 is 0 Å². The maximum atomic E-state index is 6.03. The number of guanidine groups is 1. The van der Waals surface area contributed by atoms with Crippen molar-refractivity contribution < 1.29 is 4.74 Å². The number of ether oxygens (including phenoxy) is 1. The summed E-state index contributed by atoms with van der Waals surface area (Å²) in [5, 5.41) is 6.56. The molecule has 3 rings (SSSR count). The van der Waals surface area contributed by atoms with Crippen LogP contribution in [-0.4, -0.2) is 24.1 Å².